The molecular formula is C12H18ClN3O3S. The molecule has 8 heteroatoms. The van der Waals surface area contributed by atoms with Crippen LogP contribution in [0.15, 0.2) is 23.1 Å². The Morgan fingerprint density at radius 1 is 1.45 bits per heavy atom. The van der Waals surface area contributed by atoms with Gasteiger partial charge in [-0.25, -0.2) is 8.42 Å². The topological polar surface area (TPSA) is 101 Å². The van der Waals surface area contributed by atoms with Gasteiger partial charge in [0.25, 0.3) is 0 Å². The van der Waals surface area contributed by atoms with Gasteiger partial charge < -0.3 is 11.1 Å². The lowest BCUT2D eigenvalue weighted by Gasteiger charge is -2.15. The van der Waals surface area contributed by atoms with E-state index in [2.05, 4.69) is 10.0 Å². The van der Waals surface area contributed by atoms with E-state index in [0.717, 1.165) is 6.42 Å². The summed E-state index contributed by atoms with van der Waals surface area (Å²) in [6.45, 7) is 3.87. The Labute approximate surface area is 123 Å². The van der Waals surface area contributed by atoms with Crippen LogP contribution in [0, 0.1) is 0 Å². The molecule has 0 saturated carbocycles. The number of sulfonamides is 1. The predicted octanol–water partition coefficient (Wildman–Crippen LogP) is 1.12. The molecule has 0 heterocycles. The third-order valence-corrected chi connectivity index (χ3v) is 4.54. The van der Waals surface area contributed by atoms with Crippen molar-refractivity contribution in [1.29, 1.82) is 0 Å². The smallest absolute Gasteiger partial charge is 0.242 e. The summed E-state index contributed by atoms with van der Waals surface area (Å²) >= 11 is 5.86. The van der Waals surface area contributed by atoms with E-state index >= 15 is 0 Å². The number of nitrogens with two attached hydrogens (primary N) is 1. The maximum absolute atomic E-state index is 12.1. The van der Waals surface area contributed by atoms with E-state index in [1.165, 1.54) is 25.1 Å². The number of halogens is 1. The molecule has 0 aliphatic carbocycles. The second kappa shape index (κ2) is 6.92. The van der Waals surface area contributed by atoms with Gasteiger partial charge in [-0.3, -0.25) is 4.79 Å². The largest absolute Gasteiger partial charge is 0.399 e. The minimum Gasteiger partial charge on any atom is -0.399 e. The van der Waals surface area contributed by atoms with Crippen molar-refractivity contribution in [3.8, 4) is 0 Å². The van der Waals surface area contributed by atoms with Gasteiger partial charge in [0, 0.05) is 12.2 Å². The molecule has 1 atom stereocenters. The van der Waals surface area contributed by atoms with E-state index in [1.807, 2.05) is 6.92 Å². The number of anilines is 1. The molecule has 0 aliphatic rings. The second-order valence-electron chi connectivity index (χ2n) is 4.32. The van der Waals surface area contributed by atoms with Crippen molar-refractivity contribution in [2.24, 2.45) is 0 Å². The van der Waals surface area contributed by atoms with Crippen molar-refractivity contribution >= 4 is 33.2 Å². The number of amides is 1. The first-order valence-electron chi connectivity index (χ1n) is 6.13. The van der Waals surface area contributed by atoms with E-state index in [4.69, 9.17) is 17.3 Å². The number of benzene rings is 1. The van der Waals surface area contributed by atoms with Crippen molar-refractivity contribution in [2.45, 2.75) is 31.2 Å². The summed E-state index contributed by atoms with van der Waals surface area (Å²) in [6.07, 6.45) is 0.773. The number of nitrogen functional groups attached to an aromatic ring is 1. The van der Waals surface area contributed by atoms with Gasteiger partial charge in [-0.2, -0.15) is 4.72 Å². The molecular weight excluding hydrogens is 302 g/mol. The van der Waals surface area contributed by atoms with Gasteiger partial charge in [-0.15, -0.1) is 0 Å². The molecule has 0 aliphatic heterocycles. The predicted molar refractivity (Wildman–Crippen MR) is 78.9 cm³/mol. The third-order valence-electron chi connectivity index (χ3n) is 2.52. The number of nitrogens with one attached hydrogen (secondary N) is 2. The molecule has 1 aromatic carbocycles. The highest BCUT2D eigenvalue weighted by molar-refractivity contribution is 7.89. The van der Waals surface area contributed by atoms with Gasteiger partial charge in [0.1, 0.15) is 4.90 Å². The van der Waals surface area contributed by atoms with Crippen LogP contribution in [0.2, 0.25) is 5.02 Å². The highest BCUT2D eigenvalue weighted by Gasteiger charge is 2.23. The summed E-state index contributed by atoms with van der Waals surface area (Å²) < 4.78 is 26.5. The SMILES string of the molecule is CCCNC(=O)C(C)NS(=O)(=O)c1ccc(N)cc1Cl. The van der Waals surface area contributed by atoms with Crippen LogP contribution in [-0.2, 0) is 14.8 Å². The molecule has 1 unspecified atom stereocenters. The first-order valence-corrected chi connectivity index (χ1v) is 7.99. The zero-order chi connectivity index (χ0) is 15.3. The van der Waals surface area contributed by atoms with Crippen molar-refractivity contribution in [3.05, 3.63) is 23.2 Å². The lowest BCUT2D eigenvalue weighted by Crippen LogP contribution is -2.44. The summed E-state index contributed by atoms with van der Waals surface area (Å²) in [4.78, 5) is 11.6. The van der Waals surface area contributed by atoms with Gasteiger partial charge in [0.05, 0.1) is 11.1 Å². The zero-order valence-corrected chi connectivity index (χ0v) is 12.9. The number of hydrogen-bond donors (Lipinski definition) is 3. The Balaban J connectivity index is 2.87. The normalized spacial score (nSPS) is 12.9. The molecule has 4 N–H and O–H groups in total. The number of rotatable bonds is 6. The van der Waals surface area contributed by atoms with E-state index in [0.29, 0.717) is 12.2 Å². The monoisotopic (exact) mass is 319 g/mol. The first-order chi connectivity index (χ1) is 9.27. The van der Waals surface area contributed by atoms with Gasteiger partial charge in [-0.05, 0) is 31.5 Å². The Kier molecular flexibility index (Phi) is 5.79. The van der Waals surface area contributed by atoms with Crippen molar-refractivity contribution in [2.75, 3.05) is 12.3 Å². The summed E-state index contributed by atoms with van der Waals surface area (Å²) in [7, 11) is -3.88. The minimum atomic E-state index is -3.88. The number of carbonyl (C=O) groups is 1. The fourth-order valence-corrected chi connectivity index (χ4v) is 3.24. The average Bonchev–Trinajstić information content (AvgIpc) is 2.34. The summed E-state index contributed by atoms with van der Waals surface area (Å²) in [5.41, 5.74) is 5.87. The maximum Gasteiger partial charge on any atom is 0.242 e. The van der Waals surface area contributed by atoms with Crippen LogP contribution in [0.1, 0.15) is 20.3 Å². The van der Waals surface area contributed by atoms with Gasteiger partial charge >= 0.3 is 0 Å². The lowest BCUT2D eigenvalue weighted by molar-refractivity contribution is -0.122. The zero-order valence-electron chi connectivity index (χ0n) is 11.3. The molecule has 6 nitrogen and oxygen atoms in total. The van der Waals surface area contributed by atoms with Crippen LogP contribution in [0.5, 0.6) is 0 Å². The van der Waals surface area contributed by atoms with E-state index in [9.17, 15) is 13.2 Å². The molecule has 0 aromatic heterocycles. The molecule has 0 saturated heterocycles. The quantitative estimate of drug-likeness (QED) is 0.684. The summed E-state index contributed by atoms with van der Waals surface area (Å²) in [6, 6.07) is 3.19. The molecule has 20 heavy (non-hydrogen) atoms. The van der Waals surface area contributed by atoms with Crippen molar-refractivity contribution in [1.82, 2.24) is 10.0 Å². The fraction of sp³-hybridized carbons (Fsp3) is 0.417. The molecule has 1 amide bonds. The molecule has 112 valence electrons. The van der Waals surface area contributed by atoms with Crippen molar-refractivity contribution in [3.63, 3.8) is 0 Å². The summed E-state index contributed by atoms with van der Waals surface area (Å²) in [5, 5.41) is 2.62. The van der Waals surface area contributed by atoms with E-state index in [-0.39, 0.29) is 15.8 Å². The minimum absolute atomic E-state index is 0.0127. The molecule has 1 aromatic rings. The Morgan fingerprint density at radius 2 is 2.10 bits per heavy atom. The van der Waals surface area contributed by atoms with Crippen LogP contribution < -0.4 is 15.8 Å². The van der Waals surface area contributed by atoms with E-state index in [1.54, 1.807) is 0 Å². The third kappa shape index (κ3) is 4.36. The molecule has 0 radical (unpaired) electrons. The number of carbonyl (C=O) groups excluding carboxylic acids is 1. The van der Waals surface area contributed by atoms with Gasteiger partial charge in [-0.1, -0.05) is 18.5 Å². The average molecular weight is 320 g/mol. The van der Waals surface area contributed by atoms with E-state index < -0.39 is 16.1 Å². The van der Waals surface area contributed by atoms with Crippen LogP contribution in [0.25, 0.3) is 0 Å². The first kappa shape index (κ1) is 16.7. The van der Waals surface area contributed by atoms with Crippen LogP contribution in [0.4, 0.5) is 5.69 Å². The molecule has 0 fully saturated rings. The molecule has 0 spiro atoms. The summed E-state index contributed by atoms with van der Waals surface area (Å²) in [5.74, 6) is -0.387. The van der Waals surface area contributed by atoms with Crippen LogP contribution >= 0.6 is 11.6 Å². The van der Waals surface area contributed by atoms with Crippen LogP contribution in [-0.4, -0.2) is 26.9 Å². The van der Waals surface area contributed by atoms with Crippen LogP contribution in [0.3, 0.4) is 0 Å². The second-order valence-corrected chi connectivity index (χ2v) is 6.41. The lowest BCUT2D eigenvalue weighted by atomic mass is 10.3. The van der Waals surface area contributed by atoms with Gasteiger partial charge in [0.2, 0.25) is 15.9 Å². The van der Waals surface area contributed by atoms with Crippen molar-refractivity contribution < 1.29 is 13.2 Å². The highest BCUT2D eigenvalue weighted by atomic mass is 35.5. The number of hydrogen-bond acceptors (Lipinski definition) is 4. The Hall–Kier alpha value is -1.31. The highest BCUT2D eigenvalue weighted by Crippen LogP contribution is 2.23. The maximum atomic E-state index is 12.1. The standard InChI is InChI=1S/C12H18ClN3O3S/c1-3-6-15-12(17)8(2)16-20(18,19)11-5-4-9(14)7-10(11)13/h4-5,7-8,16H,3,6,14H2,1-2H3,(H,15,17). The molecule has 1 rings (SSSR count). The molecule has 0 bridgehead atoms. The fourth-order valence-electron chi connectivity index (χ4n) is 1.49. The Morgan fingerprint density at radius 3 is 2.65 bits per heavy atom. The van der Waals surface area contributed by atoms with Gasteiger partial charge in [0.15, 0.2) is 0 Å². The Bertz CT molecular complexity index is 590.